The zero-order chi connectivity index (χ0) is 20.2. The summed E-state index contributed by atoms with van der Waals surface area (Å²) in [5.41, 5.74) is 1.65. The van der Waals surface area contributed by atoms with Crippen molar-refractivity contribution in [3.63, 3.8) is 0 Å². The Morgan fingerprint density at radius 1 is 1.17 bits per heavy atom. The van der Waals surface area contributed by atoms with Gasteiger partial charge in [-0.2, -0.15) is 10.2 Å². The predicted molar refractivity (Wildman–Crippen MR) is 109 cm³/mol. The molecule has 8 heteroatoms. The summed E-state index contributed by atoms with van der Waals surface area (Å²) in [7, 11) is 0. The maximum absolute atomic E-state index is 13.0. The van der Waals surface area contributed by atoms with Crippen molar-refractivity contribution in [2.45, 2.75) is 32.2 Å². The van der Waals surface area contributed by atoms with Gasteiger partial charge >= 0.3 is 0 Å². The Labute approximate surface area is 174 Å². The first kappa shape index (κ1) is 19.4. The third-order valence-corrected chi connectivity index (χ3v) is 5.37. The van der Waals surface area contributed by atoms with Crippen molar-refractivity contribution in [3.8, 4) is 11.4 Å². The van der Waals surface area contributed by atoms with E-state index in [0.29, 0.717) is 23.0 Å². The van der Waals surface area contributed by atoms with Crippen molar-refractivity contribution in [1.82, 2.24) is 25.3 Å². The van der Waals surface area contributed by atoms with Gasteiger partial charge in [0.2, 0.25) is 0 Å². The van der Waals surface area contributed by atoms with E-state index in [1.165, 1.54) is 4.80 Å². The molecule has 0 spiro atoms. The van der Waals surface area contributed by atoms with Crippen molar-refractivity contribution in [2.24, 2.45) is 5.92 Å². The molecule has 29 heavy (non-hydrogen) atoms. The fourth-order valence-corrected chi connectivity index (χ4v) is 3.74. The third kappa shape index (κ3) is 4.56. The molecule has 0 aliphatic heterocycles. The van der Waals surface area contributed by atoms with Gasteiger partial charge in [-0.05, 0) is 56.2 Å². The number of pyridine rings is 1. The number of nitrogens with zero attached hydrogens (tertiary/aromatic N) is 4. The Morgan fingerprint density at radius 3 is 2.69 bits per heavy atom. The Morgan fingerprint density at radius 2 is 1.93 bits per heavy atom. The highest BCUT2D eigenvalue weighted by molar-refractivity contribution is 6.30. The van der Waals surface area contributed by atoms with Gasteiger partial charge in [0.25, 0.3) is 5.91 Å². The van der Waals surface area contributed by atoms with Crippen molar-refractivity contribution in [3.05, 3.63) is 65.2 Å². The van der Waals surface area contributed by atoms with E-state index in [1.807, 2.05) is 31.2 Å². The summed E-state index contributed by atoms with van der Waals surface area (Å²) in [6.07, 6.45) is 6.12. The third-order valence-electron chi connectivity index (χ3n) is 5.12. The van der Waals surface area contributed by atoms with Crippen molar-refractivity contribution >= 4 is 17.5 Å². The molecule has 1 aromatic carbocycles. The summed E-state index contributed by atoms with van der Waals surface area (Å²) in [5, 5.41) is 12.1. The normalized spacial score (nSPS) is 18.6. The highest BCUT2D eigenvalue weighted by atomic mass is 35.5. The highest BCUT2D eigenvalue weighted by Crippen LogP contribution is 2.27. The molecule has 1 amide bonds. The first-order valence-electron chi connectivity index (χ1n) is 9.64. The number of amides is 1. The van der Waals surface area contributed by atoms with Gasteiger partial charge in [-0.3, -0.25) is 4.79 Å². The standard InChI is InChI=1S/C21H22ClN5O2/c1-14-5-10-19(27-23-11-12-24-27)20(25-14)21(28)26-18-4-2-3-15(18)13-29-17-8-6-16(22)7-9-17/h5-12,15,18H,2-4,13H2,1H3,(H,26,28)/t15-,18+/m1/s1. The average molecular weight is 412 g/mol. The molecule has 2 heterocycles. The largest absolute Gasteiger partial charge is 0.493 e. The Hall–Kier alpha value is -2.93. The minimum Gasteiger partial charge on any atom is -0.493 e. The summed E-state index contributed by atoms with van der Waals surface area (Å²) in [5.74, 6) is 0.800. The molecular formula is C21H22ClN5O2. The molecule has 0 saturated heterocycles. The Bertz CT molecular complexity index is 975. The quantitative estimate of drug-likeness (QED) is 0.670. The smallest absolute Gasteiger partial charge is 0.272 e. The summed E-state index contributed by atoms with van der Waals surface area (Å²) < 4.78 is 5.91. The summed E-state index contributed by atoms with van der Waals surface area (Å²) in [6, 6.07) is 11.0. The molecule has 1 fully saturated rings. The van der Waals surface area contributed by atoms with Crippen molar-refractivity contribution in [2.75, 3.05) is 6.61 Å². The SMILES string of the molecule is Cc1ccc(-n2nccn2)c(C(=O)N[C@H]2CCC[C@@H]2COc2ccc(Cl)cc2)n1. The molecular weight excluding hydrogens is 390 g/mol. The monoisotopic (exact) mass is 411 g/mol. The molecule has 1 aliphatic carbocycles. The number of aromatic nitrogens is 4. The van der Waals surface area contributed by atoms with Crippen LogP contribution in [0.5, 0.6) is 5.75 Å². The predicted octanol–water partition coefficient (Wildman–Crippen LogP) is 3.60. The van der Waals surface area contributed by atoms with Crippen LogP contribution in [0.15, 0.2) is 48.8 Å². The van der Waals surface area contributed by atoms with E-state index in [-0.39, 0.29) is 17.9 Å². The Kier molecular flexibility index (Phi) is 5.76. The number of nitrogens with one attached hydrogen (secondary N) is 1. The molecule has 0 unspecified atom stereocenters. The summed E-state index contributed by atoms with van der Waals surface area (Å²) >= 11 is 5.92. The maximum Gasteiger partial charge on any atom is 0.272 e. The zero-order valence-corrected chi connectivity index (χ0v) is 16.8. The average Bonchev–Trinajstić information content (AvgIpc) is 3.40. The number of benzene rings is 1. The second-order valence-electron chi connectivity index (χ2n) is 7.17. The molecule has 1 saturated carbocycles. The molecule has 3 aromatic rings. The molecule has 0 bridgehead atoms. The van der Waals surface area contributed by atoms with Crippen LogP contribution in [-0.2, 0) is 0 Å². The lowest BCUT2D eigenvalue weighted by molar-refractivity contribution is 0.0913. The summed E-state index contributed by atoms with van der Waals surface area (Å²) in [6.45, 7) is 2.40. The molecule has 7 nitrogen and oxygen atoms in total. The zero-order valence-electron chi connectivity index (χ0n) is 16.1. The lowest BCUT2D eigenvalue weighted by Gasteiger charge is -2.21. The number of hydrogen-bond donors (Lipinski definition) is 1. The lowest BCUT2D eigenvalue weighted by Crippen LogP contribution is -2.40. The van der Waals surface area contributed by atoms with Gasteiger partial charge in [0, 0.05) is 22.7 Å². The molecule has 1 N–H and O–H groups in total. The molecule has 1 aliphatic rings. The van der Waals surface area contributed by atoms with E-state index >= 15 is 0 Å². The van der Waals surface area contributed by atoms with Gasteiger partial charge in [0.1, 0.15) is 11.4 Å². The van der Waals surface area contributed by atoms with Crippen LogP contribution < -0.4 is 10.1 Å². The molecule has 150 valence electrons. The number of rotatable bonds is 6. The number of aryl methyl sites for hydroxylation is 1. The number of ether oxygens (including phenoxy) is 1. The molecule has 0 radical (unpaired) electrons. The van der Waals surface area contributed by atoms with Crippen molar-refractivity contribution in [1.29, 1.82) is 0 Å². The van der Waals surface area contributed by atoms with E-state index < -0.39 is 0 Å². The van der Waals surface area contributed by atoms with E-state index in [1.54, 1.807) is 24.5 Å². The van der Waals surface area contributed by atoms with Gasteiger partial charge in [-0.1, -0.05) is 18.0 Å². The van der Waals surface area contributed by atoms with Gasteiger partial charge in [0.15, 0.2) is 5.69 Å². The van der Waals surface area contributed by atoms with Crippen LogP contribution in [0.1, 0.15) is 35.4 Å². The fraction of sp³-hybridized carbons (Fsp3) is 0.333. The minimum absolute atomic E-state index is 0.0375. The van der Waals surface area contributed by atoms with E-state index in [9.17, 15) is 4.79 Å². The van der Waals surface area contributed by atoms with Gasteiger partial charge in [-0.25, -0.2) is 4.98 Å². The van der Waals surface area contributed by atoms with Crippen LogP contribution in [0.25, 0.3) is 5.69 Å². The van der Waals surface area contributed by atoms with E-state index in [0.717, 1.165) is 30.7 Å². The summed E-state index contributed by atoms with van der Waals surface area (Å²) in [4.78, 5) is 18.9. The molecule has 2 atom stereocenters. The van der Waals surface area contributed by atoms with E-state index in [4.69, 9.17) is 16.3 Å². The van der Waals surface area contributed by atoms with Crippen molar-refractivity contribution < 1.29 is 9.53 Å². The minimum atomic E-state index is -0.218. The van der Waals surface area contributed by atoms with Crippen LogP contribution in [0.3, 0.4) is 0 Å². The second-order valence-corrected chi connectivity index (χ2v) is 7.61. The fourth-order valence-electron chi connectivity index (χ4n) is 3.62. The topological polar surface area (TPSA) is 81.9 Å². The Balaban J connectivity index is 1.45. The first-order chi connectivity index (χ1) is 14.1. The number of halogens is 1. The second kappa shape index (κ2) is 8.61. The van der Waals surface area contributed by atoms with Crippen LogP contribution in [0, 0.1) is 12.8 Å². The maximum atomic E-state index is 13.0. The molecule has 2 aromatic heterocycles. The van der Waals surface area contributed by atoms with Crippen LogP contribution in [0.2, 0.25) is 5.02 Å². The first-order valence-corrected chi connectivity index (χ1v) is 10.0. The lowest BCUT2D eigenvalue weighted by atomic mass is 10.0. The number of hydrogen-bond acceptors (Lipinski definition) is 5. The van der Waals surface area contributed by atoms with Gasteiger partial charge < -0.3 is 10.1 Å². The van der Waals surface area contributed by atoms with Crippen LogP contribution in [-0.4, -0.2) is 38.5 Å². The van der Waals surface area contributed by atoms with E-state index in [2.05, 4.69) is 20.5 Å². The van der Waals surface area contributed by atoms with Crippen LogP contribution in [0.4, 0.5) is 0 Å². The van der Waals surface area contributed by atoms with Gasteiger partial charge in [0.05, 0.1) is 19.0 Å². The number of carbonyl (C=O) groups is 1. The molecule has 4 rings (SSSR count). The number of carbonyl (C=O) groups excluding carboxylic acids is 1. The van der Waals surface area contributed by atoms with Gasteiger partial charge in [-0.15, -0.1) is 4.80 Å². The highest BCUT2D eigenvalue weighted by Gasteiger charge is 2.30. The van der Waals surface area contributed by atoms with Crippen LogP contribution >= 0.6 is 11.6 Å².